The summed E-state index contributed by atoms with van der Waals surface area (Å²) in [5.74, 6) is -0.583. The van der Waals surface area contributed by atoms with Gasteiger partial charge < -0.3 is 25.3 Å². The molecule has 1 amide bonds. The van der Waals surface area contributed by atoms with Gasteiger partial charge in [0, 0.05) is 5.56 Å². The number of carbonyl (C=O) groups excluding carboxylic acids is 1. The third-order valence-electron chi connectivity index (χ3n) is 6.21. The van der Waals surface area contributed by atoms with Crippen LogP contribution in [0, 0.1) is 11.6 Å². The summed E-state index contributed by atoms with van der Waals surface area (Å²) in [6.45, 7) is 4.48. The predicted octanol–water partition coefficient (Wildman–Crippen LogP) is 4.39. The largest absolute Gasteiger partial charge is 0.486 e. The van der Waals surface area contributed by atoms with Crippen LogP contribution in [0.3, 0.4) is 0 Å². The molecule has 0 spiro atoms. The van der Waals surface area contributed by atoms with Crippen molar-refractivity contribution in [3.8, 4) is 22.6 Å². The summed E-state index contributed by atoms with van der Waals surface area (Å²) in [4.78, 5) is 13.4. The van der Waals surface area contributed by atoms with E-state index < -0.39 is 5.91 Å². The van der Waals surface area contributed by atoms with Crippen molar-refractivity contribution < 1.29 is 28.3 Å². The van der Waals surface area contributed by atoms with Gasteiger partial charge in [0.1, 0.15) is 19.0 Å². The van der Waals surface area contributed by atoms with Crippen LogP contribution in [0.15, 0.2) is 65.8 Å². The Morgan fingerprint density at radius 3 is 2.22 bits per heavy atom. The van der Waals surface area contributed by atoms with Gasteiger partial charge in [-0.15, -0.1) is 0 Å². The number of rotatable bonds is 7. The smallest absolute Gasteiger partial charge is 0.271 e. The lowest BCUT2D eigenvalue weighted by Gasteiger charge is -2.30. The molecule has 194 valence electrons. The SMILES string of the molecule is Fc1cc(CCCN2CCC2)cc2c1OCCO2.NC(=O)/C(=N/O)c1ccc(-c2ccc(F)cc2)cc1. The van der Waals surface area contributed by atoms with Crippen LogP contribution < -0.4 is 15.2 Å². The molecule has 2 heterocycles. The van der Waals surface area contributed by atoms with Gasteiger partial charge in [0.15, 0.2) is 23.0 Å². The molecule has 0 atom stereocenters. The third kappa shape index (κ3) is 6.83. The zero-order valence-corrected chi connectivity index (χ0v) is 20.3. The highest BCUT2D eigenvalue weighted by atomic mass is 19.1. The number of hydrogen-bond acceptors (Lipinski definition) is 6. The number of nitrogens with two attached hydrogens (primary N) is 1. The molecule has 37 heavy (non-hydrogen) atoms. The van der Waals surface area contributed by atoms with Crippen molar-refractivity contribution in [2.24, 2.45) is 10.9 Å². The zero-order chi connectivity index (χ0) is 26.2. The number of primary amides is 1. The highest BCUT2D eigenvalue weighted by Gasteiger charge is 2.18. The van der Waals surface area contributed by atoms with Crippen molar-refractivity contribution in [1.82, 2.24) is 4.90 Å². The molecule has 0 radical (unpaired) electrons. The second-order valence-corrected chi connectivity index (χ2v) is 8.80. The molecule has 7 nitrogen and oxygen atoms in total. The summed E-state index contributed by atoms with van der Waals surface area (Å²) in [6.07, 6.45) is 3.28. The topological polar surface area (TPSA) is 97.4 Å². The minimum absolute atomic E-state index is 0.203. The zero-order valence-electron chi connectivity index (χ0n) is 20.3. The summed E-state index contributed by atoms with van der Waals surface area (Å²) >= 11 is 0. The molecule has 0 aromatic heterocycles. The van der Waals surface area contributed by atoms with E-state index in [4.69, 9.17) is 20.4 Å². The fourth-order valence-corrected chi connectivity index (χ4v) is 4.13. The Balaban J connectivity index is 0.000000173. The van der Waals surface area contributed by atoms with E-state index in [2.05, 4.69) is 10.1 Å². The summed E-state index contributed by atoms with van der Waals surface area (Å²) in [5.41, 5.74) is 7.98. The molecule has 5 rings (SSSR count). The molecule has 2 aliphatic rings. The van der Waals surface area contributed by atoms with Crippen molar-refractivity contribution in [2.45, 2.75) is 19.3 Å². The van der Waals surface area contributed by atoms with Gasteiger partial charge in [-0.05, 0) is 79.9 Å². The fourth-order valence-electron chi connectivity index (χ4n) is 4.13. The van der Waals surface area contributed by atoms with Gasteiger partial charge in [0.25, 0.3) is 5.91 Å². The summed E-state index contributed by atoms with van der Waals surface area (Å²) in [7, 11) is 0. The summed E-state index contributed by atoms with van der Waals surface area (Å²) < 4.78 is 37.3. The number of fused-ring (bicyclic) bond motifs is 1. The molecule has 2 aliphatic heterocycles. The first-order valence-electron chi connectivity index (χ1n) is 12.1. The Kier molecular flexibility index (Phi) is 8.68. The van der Waals surface area contributed by atoms with Gasteiger partial charge >= 0.3 is 0 Å². The maximum Gasteiger partial charge on any atom is 0.271 e. The Labute approximate surface area is 214 Å². The molecular formula is C28H29F2N3O4. The first-order valence-corrected chi connectivity index (χ1v) is 12.1. The molecular weight excluding hydrogens is 480 g/mol. The second kappa shape index (κ2) is 12.3. The number of hydrogen-bond donors (Lipinski definition) is 2. The lowest BCUT2D eigenvalue weighted by molar-refractivity contribution is -0.112. The lowest BCUT2D eigenvalue weighted by Crippen LogP contribution is -2.37. The van der Waals surface area contributed by atoms with E-state index in [1.165, 1.54) is 31.6 Å². The van der Waals surface area contributed by atoms with Crippen LogP contribution in [0.5, 0.6) is 11.5 Å². The monoisotopic (exact) mass is 509 g/mol. The van der Waals surface area contributed by atoms with E-state index in [0.717, 1.165) is 36.1 Å². The third-order valence-corrected chi connectivity index (χ3v) is 6.21. The second-order valence-electron chi connectivity index (χ2n) is 8.80. The fraction of sp³-hybridized carbons (Fsp3) is 0.286. The average Bonchev–Trinajstić information content (AvgIpc) is 2.87. The van der Waals surface area contributed by atoms with Crippen molar-refractivity contribution in [1.29, 1.82) is 0 Å². The Morgan fingerprint density at radius 1 is 0.973 bits per heavy atom. The Morgan fingerprint density at radius 2 is 1.62 bits per heavy atom. The van der Waals surface area contributed by atoms with Gasteiger partial charge in [-0.3, -0.25) is 4.79 Å². The highest BCUT2D eigenvalue weighted by molar-refractivity contribution is 6.44. The lowest BCUT2D eigenvalue weighted by atomic mass is 10.0. The molecule has 0 aliphatic carbocycles. The quantitative estimate of drug-likeness (QED) is 0.280. The van der Waals surface area contributed by atoms with Crippen LogP contribution in [0.1, 0.15) is 24.0 Å². The van der Waals surface area contributed by atoms with Crippen LogP contribution in [0.4, 0.5) is 8.78 Å². The van der Waals surface area contributed by atoms with E-state index in [-0.39, 0.29) is 23.1 Å². The van der Waals surface area contributed by atoms with E-state index in [1.807, 2.05) is 6.07 Å². The molecule has 3 aromatic rings. The minimum Gasteiger partial charge on any atom is -0.486 e. The maximum absolute atomic E-state index is 13.8. The van der Waals surface area contributed by atoms with Gasteiger partial charge in [0.05, 0.1) is 0 Å². The van der Waals surface area contributed by atoms with Crippen LogP contribution in [0.2, 0.25) is 0 Å². The van der Waals surface area contributed by atoms with Gasteiger partial charge in [0.2, 0.25) is 0 Å². The first-order chi connectivity index (χ1) is 17.9. The number of halogens is 2. The van der Waals surface area contributed by atoms with Crippen LogP contribution in [-0.4, -0.2) is 54.6 Å². The number of carbonyl (C=O) groups is 1. The molecule has 3 N–H and O–H groups in total. The number of aryl methyl sites for hydroxylation is 1. The van der Waals surface area contributed by atoms with Crippen molar-refractivity contribution in [3.63, 3.8) is 0 Å². The molecule has 1 saturated heterocycles. The number of amides is 1. The average molecular weight is 510 g/mol. The van der Waals surface area contributed by atoms with Crippen molar-refractivity contribution >= 4 is 11.6 Å². The Hall–Kier alpha value is -3.98. The van der Waals surface area contributed by atoms with Crippen LogP contribution in [0.25, 0.3) is 11.1 Å². The minimum atomic E-state index is -0.808. The van der Waals surface area contributed by atoms with Crippen molar-refractivity contribution in [3.05, 3.63) is 83.4 Å². The number of likely N-dealkylation sites (tertiary alicyclic amines) is 1. The number of oxime groups is 1. The molecule has 3 aromatic carbocycles. The standard InChI is InChI=1S/C14H11FN2O2.C14H18FNO2/c15-12-7-5-10(6-8-12)9-1-3-11(4-2-9)13(17-19)14(16)18;15-12-9-11(3-1-4-16-5-2-6-16)10-13-14(12)18-8-7-17-13/h1-8,19H,(H2,16,18);9-10H,1-8H2/b17-13+;. The van der Waals surface area contributed by atoms with Gasteiger partial charge in [-0.2, -0.15) is 0 Å². The van der Waals surface area contributed by atoms with E-state index >= 15 is 0 Å². The van der Waals surface area contributed by atoms with Crippen LogP contribution >= 0.6 is 0 Å². The number of ether oxygens (including phenoxy) is 2. The summed E-state index contributed by atoms with van der Waals surface area (Å²) in [5, 5.41) is 11.6. The maximum atomic E-state index is 13.8. The molecule has 0 saturated carbocycles. The van der Waals surface area contributed by atoms with Crippen LogP contribution in [-0.2, 0) is 11.2 Å². The highest BCUT2D eigenvalue weighted by Crippen LogP contribution is 2.34. The number of benzene rings is 3. The normalized spacial score (nSPS) is 14.8. The van der Waals surface area contributed by atoms with E-state index in [1.54, 1.807) is 42.5 Å². The summed E-state index contributed by atoms with van der Waals surface area (Å²) in [6, 6.07) is 16.2. The first kappa shape index (κ1) is 26.1. The molecule has 0 bridgehead atoms. The van der Waals surface area contributed by atoms with Gasteiger partial charge in [-0.1, -0.05) is 41.6 Å². The van der Waals surface area contributed by atoms with Crippen molar-refractivity contribution in [2.75, 3.05) is 32.8 Å². The van der Waals surface area contributed by atoms with E-state index in [0.29, 0.717) is 24.5 Å². The molecule has 0 unspecified atom stereocenters. The van der Waals surface area contributed by atoms with Gasteiger partial charge in [-0.25, -0.2) is 8.78 Å². The van der Waals surface area contributed by atoms with E-state index in [9.17, 15) is 13.6 Å². The molecule has 1 fully saturated rings. The predicted molar refractivity (Wildman–Crippen MR) is 136 cm³/mol. The molecule has 9 heteroatoms. The number of nitrogens with zero attached hydrogens (tertiary/aromatic N) is 2. The Bertz CT molecular complexity index is 1240.